The second-order valence-corrected chi connectivity index (χ2v) is 14.2. The molecular formula is C52H34N2. The topological polar surface area (TPSA) is 8.17 Å². The second-order valence-electron chi connectivity index (χ2n) is 14.2. The van der Waals surface area contributed by atoms with Gasteiger partial charge in [0.1, 0.15) is 0 Å². The molecule has 0 bridgehead atoms. The number of anilines is 3. The number of benzene rings is 10. The molecule has 11 rings (SSSR count). The fourth-order valence-electron chi connectivity index (χ4n) is 8.64. The predicted molar refractivity (Wildman–Crippen MR) is 231 cm³/mol. The molecule has 10 aromatic carbocycles. The van der Waals surface area contributed by atoms with Crippen LogP contribution in [0.25, 0.3) is 81.7 Å². The van der Waals surface area contributed by atoms with Gasteiger partial charge in [0.25, 0.3) is 0 Å². The van der Waals surface area contributed by atoms with Crippen LogP contribution in [0.15, 0.2) is 206 Å². The SMILES string of the molecule is c1ccc(-n2c3cccc(-c4cccc(N(c5ccc6ccccc6c5)c5ccc6c(ccc7ccccc76)c5)c4)c3c3c4ccccc4ccc32)cc1. The van der Waals surface area contributed by atoms with Crippen LogP contribution in [0, 0.1) is 0 Å². The van der Waals surface area contributed by atoms with Crippen molar-refractivity contribution < 1.29 is 0 Å². The number of para-hydroxylation sites is 1. The van der Waals surface area contributed by atoms with Crippen molar-refractivity contribution in [2.24, 2.45) is 0 Å². The van der Waals surface area contributed by atoms with Crippen LogP contribution >= 0.6 is 0 Å². The van der Waals surface area contributed by atoms with Gasteiger partial charge in [-0.25, -0.2) is 0 Å². The van der Waals surface area contributed by atoms with Gasteiger partial charge in [-0.1, -0.05) is 146 Å². The monoisotopic (exact) mass is 686 g/mol. The average molecular weight is 687 g/mol. The first kappa shape index (κ1) is 30.5. The van der Waals surface area contributed by atoms with E-state index in [-0.39, 0.29) is 0 Å². The summed E-state index contributed by atoms with van der Waals surface area (Å²) in [5, 5.41) is 12.5. The van der Waals surface area contributed by atoms with Gasteiger partial charge in [0, 0.05) is 33.5 Å². The molecule has 1 heterocycles. The zero-order valence-corrected chi connectivity index (χ0v) is 29.5. The van der Waals surface area contributed by atoms with Crippen LogP contribution in [0.4, 0.5) is 17.1 Å². The molecule has 252 valence electrons. The third-order valence-corrected chi connectivity index (χ3v) is 11.1. The Balaban J connectivity index is 1.16. The Hall–Kier alpha value is -7.16. The van der Waals surface area contributed by atoms with Crippen LogP contribution in [-0.2, 0) is 0 Å². The number of fused-ring (bicyclic) bond motifs is 9. The lowest BCUT2D eigenvalue weighted by atomic mass is 9.96. The van der Waals surface area contributed by atoms with E-state index in [9.17, 15) is 0 Å². The van der Waals surface area contributed by atoms with E-state index in [1.54, 1.807) is 0 Å². The van der Waals surface area contributed by atoms with Crippen LogP contribution in [0.2, 0.25) is 0 Å². The van der Waals surface area contributed by atoms with E-state index < -0.39 is 0 Å². The zero-order valence-electron chi connectivity index (χ0n) is 29.5. The van der Waals surface area contributed by atoms with Crippen molar-refractivity contribution >= 4 is 82.0 Å². The minimum absolute atomic E-state index is 1.11. The standard InChI is InChI=1S/C52H34N2/c1-2-17-41(18-3-1)54-49-23-11-22-48(52(49)51-47-21-9-7-14-37(47)27-31-50(51)54)39-16-10-19-42(33-39)53(43-28-26-35-12-4-5-15-38(35)32-43)44-29-30-46-40(34-44)25-24-36-13-6-8-20-45(36)46/h1-34H. The summed E-state index contributed by atoms with van der Waals surface area (Å²) >= 11 is 0. The number of aromatic nitrogens is 1. The summed E-state index contributed by atoms with van der Waals surface area (Å²) in [6.07, 6.45) is 0. The molecule has 0 fully saturated rings. The average Bonchev–Trinajstić information content (AvgIpc) is 3.59. The van der Waals surface area contributed by atoms with Crippen LogP contribution in [0.1, 0.15) is 0 Å². The number of hydrogen-bond acceptors (Lipinski definition) is 1. The van der Waals surface area contributed by atoms with Crippen molar-refractivity contribution in [3.63, 3.8) is 0 Å². The summed E-state index contributed by atoms with van der Waals surface area (Å²) in [4.78, 5) is 2.41. The van der Waals surface area contributed by atoms with Gasteiger partial charge in [0.05, 0.1) is 11.0 Å². The first-order valence-corrected chi connectivity index (χ1v) is 18.6. The highest BCUT2D eigenvalue weighted by Crippen LogP contribution is 2.44. The van der Waals surface area contributed by atoms with E-state index in [0.29, 0.717) is 0 Å². The van der Waals surface area contributed by atoms with Crippen molar-refractivity contribution in [1.82, 2.24) is 4.57 Å². The Morgan fingerprint density at radius 2 is 0.889 bits per heavy atom. The number of rotatable bonds is 5. The summed E-state index contributed by atoms with van der Waals surface area (Å²) in [7, 11) is 0. The van der Waals surface area contributed by atoms with Crippen LogP contribution in [-0.4, -0.2) is 4.57 Å². The number of hydrogen-bond donors (Lipinski definition) is 0. The molecule has 0 saturated heterocycles. The molecular weight excluding hydrogens is 653 g/mol. The van der Waals surface area contributed by atoms with Gasteiger partial charge in [-0.2, -0.15) is 0 Å². The molecule has 0 spiro atoms. The van der Waals surface area contributed by atoms with Crippen molar-refractivity contribution in [3.05, 3.63) is 206 Å². The summed E-state index contributed by atoms with van der Waals surface area (Å²) < 4.78 is 2.42. The molecule has 11 aromatic rings. The van der Waals surface area contributed by atoms with E-state index in [1.165, 1.54) is 76.0 Å². The molecule has 1 aromatic heterocycles. The van der Waals surface area contributed by atoms with E-state index in [2.05, 4.69) is 216 Å². The molecule has 0 aliphatic rings. The Morgan fingerprint density at radius 1 is 0.315 bits per heavy atom. The highest BCUT2D eigenvalue weighted by Gasteiger charge is 2.20. The van der Waals surface area contributed by atoms with E-state index in [4.69, 9.17) is 0 Å². The molecule has 0 aliphatic heterocycles. The highest BCUT2D eigenvalue weighted by atomic mass is 15.1. The lowest BCUT2D eigenvalue weighted by molar-refractivity contribution is 1.18. The minimum atomic E-state index is 1.11. The van der Waals surface area contributed by atoms with Crippen molar-refractivity contribution in [2.75, 3.05) is 4.90 Å². The molecule has 0 N–H and O–H groups in total. The third-order valence-electron chi connectivity index (χ3n) is 11.1. The fourth-order valence-corrected chi connectivity index (χ4v) is 8.64. The number of nitrogens with zero attached hydrogens (tertiary/aromatic N) is 2. The molecule has 0 amide bonds. The zero-order chi connectivity index (χ0) is 35.6. The maximum absolute atomic E-state index is 2.42. The third kappa shape index (κ3) is 4.81. The van der Waals surface area contributed by atoms with Gasteiger partial charge in [-0.05, 0) is 115 Å². The van der Waals surface area contributed by atoms with Gasteiger partial charge < -0.3 is 9.47 Å². The highest BCUT2D eigenvalue weighted by molar-refractivity contribution is 6.25. The molecule has 0 saturated carbocycles. The van der Waals surface area contributed by atoms with E-state index >= 15 is 0 Å². The Bertz CT molecular complexity index is 3230. The Labute approximate surface area is 313 Å². The molecule has 2 nitrogen and oxygen atoms in total. The molecule has 2 heteroatoms. The molecule has 54 heavy (non-hydrogen) atoms. The normalized spacial score (nSPS) is 11.7. The quantitative estimate of drug-likeness (QED) is 0.164. The Morgan fingerprint density at radius 3 is 1.74 bits per heavy atom. The maximum Gasteiger partial charge on any atom is 0.0547 e. The van der Waals surface area contributed by atoms with Gasteiger partial charge in [0.15, 0.2) is 0 Å². The second kappa shape index (κ2) is 12.2. The van der Waals surface area contributed by atoms with Gasteiger partial charge >= 0.3 is 0 Å². The van der Waals surface area contributed by atoms with Crippen molar-refractivity contribution in [3.8, 4) is 16.8 Å². The van der Waals surface area contributed by atoms with Crippen LogP contribution in [0.5, 0.6) is 0 Å². The summed E-state index contributed by atoms with van der Waals surface area (Å²) in [5.74, 6) is 0. The fraction of sp³-hybridized carbons (Fsp3) is 0. The summed E-state index contributed by atoms with van der Waals surface area (Å²) in [6, 6.07) is 75.4. The molecule has 0 aliphatic carbocycles. The minimum Gasteiger partial charge on any atom is -0.310 e. The van der Waals surface area contributed by atoms with Gasteiger partial charge in [0.2, 0.25) is 0 Å². The smallest absolute Gasteiger partial charge is 0.0547 e. The van der Waals surface area contributed by atoms with Gasteiger partial charge in [-0.15, -0.1) is 0 Å². The largest absolute Gasteiger partial charge is 0.310 e. The van der Waals surface area contributed by atoms with Gasteiger partial charge in [-0.3, -0.25) is 0 Å². The Kier molecular flexibility index (Phi) is 6.90. The van der Waals surface area contributed by atoms with Crippen LogP contribution < -0.4 is 4.90 Å². The maximum atomic E-state index is 2.42. The summed E-state index contributed by atoms with van der Waals surface area (Å²) in [5.41, 5.74) is 9.31. The lowest BCUT2D eigenvalue weighted by Gasteiger charge is -2.27. The summed E-state index contributed by atoms with van der Waals surface area (Å²) in [6.45, 7) is 0. The van der Waals surface area contributed by atoms with Crippen molar-refractivity contribution in [2.45, 2.75) is 0 Å². The lowest BCUT2D eigenvalue weighted by Crippen LogP contribution is -2.10. The van der Waals surface area contributed by atoms with Crippen LogP contribution in [0.3, 0.4) is 0 Å². The molecule has 0 unspecified atom stereocenters. The molecule has 0 radical (unpaired) electrons. The first-order chi connectivity index (χ1) is 26.8. The predicted octanol–water partition coefficient (Wildman–Crippen LogP) is 14.5. The molecule has 0 atom stereocenters. The van der Waals surface area contributed by atoms with E-state index in [0.717, 1.165) is 22.7 Å². The van der Waals surface area contributed by atoms with E-state index in [1.807, 2.05) is 0 Å². The van der Waals surface area contributed by atoms with Crippen molar-refractivity contribution in [1.29, 1.82) is 0 Å². The first-order valence-electron chi connectivity index (χ1n) is 18.6.